The minimum absolute atomic E-state index is 0.0887. The molecule has 120 valence electrons. The number of hydrogen-bond donors (Lipinski definition) is 2. The number of nitrogens with one attached hydrogen (secondary N) is 1. The van der Waals surface area contributed by atoms with Gasteiger partial charge in [0.1, 0.15) is 11.6 Å². The summed E-state index contributed by atoms with van der Waals surface area (Å²) in [5.74, 6) is 1.91. The molecule has 0 spiro atoms. The summed E-state index contributed by atoms with van der Waals surface area (Å²) in [4.78, 5) is 12.3. The van der Waals surface area contributed by atoms with Crippen LogP contribution in [-0.2, 0) is 6.54 Å². The highest BCUT2D eigenvalue weighted by Gasteiger charge is 2.36. The lowest BCUT2D eigenvalue weighted by atomic mass is 10.2. The molecule has 1 aromatic carbocycles. The monoisotopic (exact) mass is 332 g/mol. The quantitative estimate of drug-likeness (QED) is 0.882. The second kappa shape index (κ2) is 5.53. The molecule has 0 aliphatic heterocycles. The third kappa shape index (κ3) is 2.91. The van der Waals surface area contributed by atoms with Crippen molar-refractivity contribution in [2.45, 2.75) is 44.2 Å². The van der Waals surface area contributed by atoms with Gasteiger partial charge in [0.25, 0.3) is 5.91 Å². The van der Waals surface area contributed by atoms with E-state index in [4.69, 9.17) is 11.6 Å². The Balaban J connectivity index is 1.51. The fourth-order valence-corrected chi connectivity index (χ4v) is 2.93. The maximum Gasteiger partial charge on any atom is 0.255 e. The van der Waals surface area contributed by atoms with Crippen LogP contribution in [0.3, 0.4) is 0 Å². The number of nitrogens with zero attached hydrogens (tertiary/aromatic N) is 3. The first kappa shape index (κ1) is 14.5. The summed E-state index contributed by atoms with van der Waals surface area (Å²) in [6.45, 7) is 0.293. The van der Waals surface area contributed by atoms with Crippen molar-refractivity contribution >= 4 is 17.5 Å². The van der Waals surface area contributed by atoms with Gasteiger partial charge in [0.05, 0.1) is 12.1 Å². The van der Waals surface area contributed by atoms with E-state index < -0.39 is 0 Å². The first-order valence-electron chi connectivity index (χ1n) is 7.84. The average molecular weight is 333 g/mol. The molecule has 2 saturated carbocycles. The maximum absolute atomic E-state index is 12.3. The van der Waals surface area contributed by atoms with Crippen molar-refractivity contribution in [2.24, 2.45) is 0 Å². The van der Waals surface area contributed by atoms with Gasteiger partial charge in [-0.25, -0.2) is 0 Å². The van der Waals surface area contributed by atoms with Crippen LogP contribution in [0.15, 0.2) is 18.2 Å². The fraction of sp³-hybridized carbons (Fsp3) is 0.438. The lowest BCUT2D eigenvalue weighted by Crippen LogP contribution is -2.25. The van der Waals surface area contributed by atoms with Crippen LogP contribution in [0.25, 0.3) is 0 Å². The van der Waals surface area contributed by atoms with E-state index in [1.165, 1.54) is 25.0 Å². The summed E-state index contributed by atoms with van der Waals surface area (Å²) in [6.07, 6.45) is 4.64. The van der Waals surface area contributed by atoms with Gasteiger partial charge >= 0.3 is 0 Å². The first-order valence-corrected chi connectivity index (χ1v) is 8.21. The maximum atomic E-state index is 12.3. The molecular weight excluding hydrogens is 316 g/mol. The number of phenols is 1. The predicted octanol–water partition coefficient (Wildman–Crippen LogP) is 2.78. The summed E-state index contributed by atoms with van der Waals surface area (Å²) in [5, 5.41) is 21.6. The standard InChI is InChI=1S/C16H17ClN4O2/c17-10-3-6-13(22)12(7-10)16(23)18-8-14-19-20-15(9-1-2-9)21(14)11-4-5-11/h3,6-7,9,11,22H,1-2,4-5,8H2,(H,18,23). The summed E-state index contributed by atoms with van der Waals surface area (Å²) < 4.78 is 2.19. The summed E-state index contributed by atoms with van der Waals surface area (Å²) >= 11 is 5.88. The van der Waals surface area contributed by atoms with Crippen LogP contribution >= 0.6 is 11.6 Å². The number of rotatable bonds is 5. The molecule has 0 atom stereocenters. The van der Waals surface area contributed by atoms with Crippen molar-refractivity contribution < 1.29 is 9.90 Å². The fourth-order valence-electron chi connectivity index (χ4n) is 2.75. The normalized spacial score (nSPS) is 17.3. The van der Waals surface area contributed by atoms with Crippen molar-refractivity contribution in [3.05, 3.63) is 40.4 Å². The number of carbonyl (C=O) groups excluding carboxylic acids is 1. The zero-order valence-electron chi connectivity index (χ0n) is 12.5. The van der Waals surface area contributed by atoms with Crippen molar-refractivity contribution in [2.75, 3.05) is 0 Å². The minimum atomic E-state index is -0.372. The van der Waals surface area contributed by atoms with Crippen molar-refractivity contribution in [1.82, 2.24) is 20.1 Å². The third-order valence-corrected chi connectivity index (χ3v) is 4.49. The largest absolute Gasteiger partial charge is 0.507 e. The highest BCUT2D eigenvalue weighted by Crippen LogP contribution is 2.44. The smallest absolute Gasteiger partial charge is 0.255 e. The Morgan fingerprint density at radius 3 is 2.78 bits per heavy atom. The van der Waals surface area contributed by atoms with Crippen LogP contribution in [0.2, 0.25) is 5.02 Å². The molecule has 0 unspecified atom stereocenters. The van der Waals surface area contributed by atoms with Crippen molar-refractivity contribution in [3.8, 4) is 5.75 Å². The number of benzene rings is 1. The molecule has 1 amide bonds. The van der Waals surface area contributed by atoms with Crippen LogP contribution in [0.5, 0.6) is 5.75 Å². The minimum Gasteiger partial charge on any atom is -0.507 e. The summed E-state index contributed by atoms with van der Waals surface area (Å²) in [6, 6.07) is 4.88. The molecule has 23 heavy (non-hydrogen) atoms. The van der Waals surface area contributed by atoms with Crippen LogP contribution in [-0.4, -0.2) is 25.8 Å². The van der Waals surface area contributed by atoms with Gasteiger partial charge in [0, 0.05) is 17.0 Å². The van der Waals surface area contributed by atoms with Crippen LogP contribution in [0, 0.1) is 0 Å². The van der Waals surface area contributed by atoms with Gasteiger partial charge in [-0.2, -0.15) is 0 Å². The summed E-state index contributed by atoms with van der Waals surface area (Å²) in [5.41, 5.74) is 0.164. The van der Waals surface area contributed by atoms with E-state index in [0.717, 1.165) is 24.5 Å². The Morgan fingerprint density at radius 1 is 1.30 bits per heavy atom. The summed E-state index contributed by atoms with van der Waals surface area (Å²) in [7, 11) is 0. The number of hydrogen-bond acceptors (Lipinski definition) is 4. The molecule has 2 aromatic rings. The molecule has 4 rings (SSSR count). The van der Waals surface area contributed by atoms with E-state index in [9.17, 15) is 9.90 Å². The predicted molar refractivity (Wildman–Crippen MR) is 84.6 cm³/mol. The van der Waals surface area contributed by atoms with E-state index in [0.29, 0.717) is 23.5 Å². The second-order valence-corrected chi connectivity index (χ2v) is 6.63. The molecule has 6 nitrogen and oxygen atoms in total. The molecule has 0 bridgehead atoms. The Hall–Kier alpha value is -2.08. The molecule has 0 saturated heterocycles. The zero-order valence-corrected chi connectivity index (χ0v) is 13.3. The van der Waals surface area contributed by atoms with Crippen LogP contribution in [0.4, 0.5) is 0 Å². The van der Waals surface area contributed by atoms with Gasteiger partial charge < -0.3 is 15.0 Å². The molecule has 0 radical (unpaired) electrons. The van der Waals surface area contributed by atoms with Gasteiger partial charge in [-0.15, -0.1) is 10.2 Å². The second-order valence-electron chi connectivity index (χ2n) is 6.19. The molecule has 2 aliphatic rings. The number of phenolic OH excluding ortho intramolecular Hbond substituents is 1. The van der Waals surface area contributed by atoms with E-state index in [1.807, 2.05) is 0 Å². The van der Waals surface area contributed by atoms with Gasteiger partial charge in [-0.3, -0.25) is 4.79 Å². The molecule has 1 heterocycles. The Morgan fingerprint density at radius 2 is 2.09 bits per heavy atom. The van der Waals surface area contributed by atoms with Gasteiger partial charge in [-0.1, -0.05) is 11.6 Å². The highest BCUT2D eigenvalue weighted by atomic mass is 35.5. The number of aromatic hydroxyl groups is 1. The van der Waals surface area contributed by atoms with Crippen LogP contribution in [0.1, 0.15) is 59.6 Å². The van der Waals surface area contributed by atoms with Gasteiger partial charge in [0.2, 0.25) is 0 Å². The SMILES string of the molecule is O=C(NCc1nnc(C2CC2)n1C1CC1)c1cc(Cl)ccc1O. The Kier molecular flexibility index (Phi) is 3.49. The van der Waals surface area contributed by atoms with E-state index in [1.54, 1.807) is 6.07 Å². The molecular formula is C16H17ClN4O2. The lowest BCUT2D eigenvalue weighted by molar-refractivity contribution is 0.0946. The average Bonchev–Trinajstić information content (AvgIpc) is 3.46. The molecule has 7 heteroatoms. The topological polar surface area (TPSA) is 80.0 Å². The molecule has 1 aromatic heterocycles. The highest BCUT2D eigenvalue weighted by molar-refractivity contribution is 6.31. The van der Waals surface area contributed by atoms with Gasteiger partial charge in [0.15, 0.2) is 5.82 Å². The Labute approximate surface area is 138 Å². The number of aromatic nitrogens is 3. The lowest BCUT2D eigenvalue weighted by Gasteiger charge is -2.10. The third-order valence-electron chi connectivity index (χ3n) is 4.26. The van der Waals surface area contributed by atoms with Crippen LogP contribution < -0.4 is 5.32 Å². The molecule has 2 N–H and O–H groups in total. The van der Waals surface area contributed by atoms with E-state index in [-0.39, 0.29) is 17.2 Å². The number of amides is 1. The van der Waals surface area contributed by atoms with Crippen molar-refractivity contribution in [1.29, 1.82) is 0 Å². The van der Waals surface area contributed by atoms with E-state index >= 15 is 0 Å². The number of halogens is 1. The Bertz CT molecular complexity index is 765. The first-order chi connectivity index (χ1) is 11.1. The molecule has 2 aliphatic carbocycles. The zero-order chi connectivity index (χ0) is 16.0. The van der Waals surface area contributed by atoms with Crippen molar-refractivity contribution in [3.63, 3.8) is 0 Å². The molecule has 2 fully saturated rings. The van der Waals surface area contributed by atoms with Gasteiger partial charge in [-0.05, 0) is 43.9 Å². The number of carbonyl (C=O) groups is 1. The van der Waals surface area contributed by atoms with E-state index in [2.05, 4.69) is 20.1 Å².